The smallest absolute Gasteiger partial charge is 0.0702 e. The molecule has 0 amide bonds. The number of pyridine rings is 1. The van der Waals surface area contributed by atoms with Crippen LogP contribution in [-0.4, -0.2) is 16.1 Å². The summed E-state index contributed by atoms with van der Waals surface area (Å²) in [7, 11) is 0. The van der Waals surface area contributed by atoms with Gasteiger partial charge in [0.25, 0.3) is 0 Å². The van der Waals surface area contributed by atoms with Crippen LogP contribution in [0.3, 0.4) is 0 Å². The lowest BCUT2D eigenvalue weighted by molar-refractivity contribution is 0.912. The fourth-order valence-corrected chi connectivity index (χ4v) is 3.09. The zero-order valence-electron chi connectivity index (χ0n) is 9.90. The zero-order valence-corrected chi connectivity index (χ0v) is 11.5. The van der Waals surface area contributed by atoms with E-state index in [-0.39, 0.29) is 0 Å². The molecule has 17 heavy (non-hydrogen) atoms. The summed E-state index contributed by atoms with van der Waals surface area (Å²) < 4.78 is 0. The molecule has 0 aliphatic heterocycles. The summed E-state index contributed by atoms with van der Waals surface area (Å²) in [6.45, 7) is 2.23. The number of halogens is 1. The van der Waals surface area contributed by atoms with Crippen molar-refractivity contribution in [2.45, 2.75) is 24.3 Å². The summed E-state index contributed by atoms with van der Waals surface area (Å²) in [6.07, 6.45) is 2.90. The molecule has 0 radical (unpaired) electrons. The van der Waals surface area contributed by atoms with Gasteiger partial charge >= 0.3 is 0 Å². The van der Waals surface area contributed by atoms with Crippen LogP contribution in [0.4, 0.5) is 0 Å². The van der Waals surface area contributed by atoms with E-state index >= 15 is 0 Å². The predicted molar refractivity (Wildman–Crippen MR) is 77.8 cm³/mol. The van der Waals surface area contributed by atoms with Crippen molar-refractivity contribution in [3.05, 3.63) is 42.1 Å². The van der Waals surface area contributed by atoms with Gasteiger partial charge in [0.15, 0.2) is 0 Å². The van der Waals surface area contributed by atoms with Crippen LogP contribution in [0.5, 0.6) is 0 Å². The molecule has 1 aromatic carbocycles. The maximum absolute atomic E-state index is 5.73. The Balaban J connectivity index is 2.04. The van der Waals surface area contributed by atoms with E-state index in [1.165, 1.54) is 10.9 Å². The van der Waals surface area contributed by atoms with Crippen molar-refractivity contribution in [3.63, 3.8) is 0 Å². The van der Waals surface area contributed by atoms with Crippen molar-refractivity contribution in [1.82, 2.24) is 4.98 Å². The molecule has 1 atom stereocenters. The van der Waals surface area contributed by atoms with Gasteiger partial charge in [-0.2, -0.15) is 11.8 Å². The van der Waals surface area contributed by atoms with Crippen LogP contribution in [0.15, 0.2) is 36.5 Å². The third-order valence-electron chi connectivity index (χ3n) is 2.72. The van der Waals surface area contributed by atoms with Crippen molar-refractivity contribution >= 4 is 34.3 Å². The summed E-state index contributed by atoms with van der Waals surface area (Å²) in [6, 6.07) is 10.6. The fraction of sp³-hybridized carbons (Fsp3) is 0.357. The number of nitrogens with zero attached hydrogens (tertiary/aromatic N) is 1. The Morgan fingerprint density at radius 2 is 2.24 bits per heavy atom. The Hall–Kier alpha value is -0.730. The summed E-state index contributed by atoms with van der Waals surface area (Å²) in [5.74, 6) is 1.79. The number of aromatic nitrogens is 1. The molecule has 0 aliphatic rings. The fourth-order valence-electron chi connectivity index (χ4n) is 1.69. The van der Waals surface area contributed by atoms with Crippen molar-refractivity contribution in [1.29, 1.82) is 0 Å². The van der Waals surface area contributed by atoms with E-state index < -0.39 is 0 Å². The molecule has 0 saturated carbocycles. The highest BCUT2D eigenvalue weighted by molar-refractivity contribution is 7.99. The predicted octanol–water partition coefficient (Wildman–Crippen LogP) is 4.49. The Morgan fingerprint density at radius 3 is 3.06 bits per heavy atom. The number of hydrogen-bond donors (Lipinski definition) is 0. The van der Waals surface area contributed by atoms with Gasteiger partial charge in [0.1, 0.15) is 0 Å². The number of rotatable bonds is 5. The molecule has 1 aromatic heterocycles. The second-order valence-corrected chi connectivity index (χ2v) is 5.93. The monoisotopic (exact) mass is 265 g/mol. The minimum atomic E-state index is 0.622. The highest BCUT2D eigenvalue weighted by atomic mass is 35.5. The molecule has 0 aliphatic carbocycles. The van der Waals surface area contributed by atoms with Gasteiger partial charge in [0.2, 0.25) is 0 Å². The van der Waals surface area contributed by atoms with E-state index in [0.29, 0.717) is 5.25 Å². The number of alkyl halides is 1. The van der Waals surface area contributed by atoms with E-state index in [4.69, 9.17) is 11.6 Å². The van der Waals surface area contributed by atoms with Crippen LogP contribution in [0.25, 0.3) is 10.9 Å². The molecule has 0 N–H and O–H groups in total. The Labute approximate surface area is 112 Å². The Kier molecular flexibility index (Phi) is 4.69. The molecule has 0 saturated heterocycles. The molecule has 3 heteroatoms. The lowest BCUT2D eigenvalue weighted by Gasteiger charge is -2.09. The van der Waals surface area contributed by atoms with Gasteiger partial charge in [-0.05, 0) is 30.2 Å². The molecule has 90 valence electrons. The molecule has 1 unspecified atom stereocenters. The first-order chi connectivity index (χ1) is 8.29. The largest absolute Gasteiger partial charge is 0.256 e. The third-order valence-corrected chi connectivity index (χ3v) is 4.24. The first-order valence-corrected chi connectivity index (χ1v) is 7.39. The minimum Gasteiger partial charge on any atom is -0.256 e. The lowest BCUT2D eigenvalue weighted by atomic mass is 10.1. The minimum absolute atomic E-state index is 0.622. The van der Waals surface area contributed by atoms with E-state index in [2.05, 4.69) is 36.2 Å². The third kappa shape index (κ3) is 3.62. The van der Waals surface area contributed by atoms with Gasteiger partial charge in [-0.15, -0.1) is 11.6 Å². The second-order valence-electron chi connectivity index (χ2n) is 4.13. The highest BCUT2D eigenvalue weighted by Gasteiger charge is 2.03. The molecule has 2 rings (SSSR count). The van der Waals surface area contributed by atoms with Crippen LogP contribution in [0.2, 0.25) is 0 Å². The van der Waals surface area contributed by atoms with Gasteiger partial charge in [0.05, 0.1) is 5.52 Å². The molecule has 1 heterocycles. The van der Waals surface area contributed by atoms with Crippen LogP contribution >= 0.6 is 23.4 Å². The van der Waals surface area contributed by atoms with Crippen molar-refractivity contribution in [2.24, 2.45) is 0 Å². The van der Waals surface area contributed by atoms with Crippen LogP contribution in [-0.2, 0) is 5.75 Å². The number of hydrogen-bond acceptors (Lipinski definition) is 2. The van der Waals surface area contributed by atoms with Crippen LogP contribution < -0.4 is 0 Å². The first-order valence-electron chi connectivity index (χ1n) is 5.81. The first kappa shape index (κ1) is 12.7. The summed E-state index contributed by atoms with van der Waals surface area (Å²) in [5, 5.41) is 1.84. The Morgan fingerprint density at radius 1 is 1.35 bits per heavy atom. The molecule has 2 aromatic rings. The number of thioether (sulfide) groups is 1. The maximum atomic E-state index is 5.73. The quantitative estimate of drug-likeness (QED) is 0.739. The maximum Gasteiger partial charge on any atom is 0.0702 e. The SMILES string of the molecule is CC(CCCl)SCc1ccc2ncccc2c1. The topological polar surface area (TPSA) is 12.9 Å². The summed E-state index contributed by atoms with van der Waals surface area (Å²) >= 11 is 7.69. The molecule has 1 nitrogen and oxygen atoms in total. The molecular weight excluding hydrogens is 250 g/mol. The molecule has 0 bridgehead atoms. The van der Waals surface area contributed by atoms with Crippen LogP contribution in [0.1, 0.15) is 18.9 Å². The molecule has 0 fully saturated rings. The van der Waals surface area contributed by atoms with Crippen molar-refractivity contribution < 1.29 is 0 Å². The van der Waals surface area contributed by atoms with E-state index in [1.807, 2.05) is 24.0 Å². The second kappa shape index (κ2) is 6.27. The van der Waals surface area contributed by atoms with Gasteiger partial charge in [-0.3, -0.25) is 4.98 Å². The van der Waals surface area contributed by atoms with Crippen molar-refractivity contribution in [3.8, 4) is 0 Å². The zero-order chi connectivity index (χ0) is 12.1. The van der Waals surface area contributed by atoms with Crippen LogP contribution in [0, 0.1) is 0 Å². The normalized spacial score (nSPS) is 12.8. The van der Waals surface area contributed by atoms with E-state index in [0.717, 1.165) is 23.6 Å². The molecule has 0 spiro atoms. The lowest BCUT2D eigenvalue weighted by Crippen LogP contribution is -1.97. The highest BCUT2D eigenvalue weighted by Crippen LogP contribution is 2.22. The van der Waals surface area contributed by atoms with E-state index in [9.17, 15) is 0 Å². The van der Waals surface area contributed by atoms with Gasteiger partial charge in [-0.1, -0.05) is 19.1 Å². The van der Waals surface area contributed by atoms with Gasteiger partial charge < -0.3 is 0 Å². The van der Waals surface area contributed by atoms with E-state index in [1.54, 1.807) is 0 Å². The number of benzene rings is 1. The average Bonchev–Trinajstić information content (AvgIpc) is 2.36. The van der Waals surface area contributed by atoms with Crippen molar-refractivity contribution in [2.75, 3.05) is 5.88 Å². The molecular formula is C14H16ClNS. The standard InChI is InChI=1S/C14H16ClNS/c1-11(6-7-15)17-10-12-4-5-14-13(9-12)3-2-8-16-14/h2-5,8-9,11H,6-7,10H2,1H3. The Bertz CT molecular complexity index is 486. The van der Waals surface area contributed by atoms with Gasteiger partial charge in [0, 0.05) is 28.5 Å². The van der Waals surface area contributed by atoms with Gasteiger partial charge in [-0.25, -0.2) is 0 Å². The summed E-state index contributed by atoms with van der Waals surface area (Å²) in [4.78, 5) is 4.32. The average molecular weight is 266 g/mol. The number of fused-ring (bicyclic) bond motifs is 1. The summed E-state index contributed by atoms with van der Waals surface area (Å²) in [5.41, 5.74) is 2.42.